The van der Waals surface area contributed by atoms with Crippen LogP contribution in [0.2, 0.25) is 0 Å². The van der Waals surface area contributed by atoms with Gasteiger partial charge in [0, 0.05) is 4.57 Å². The number of hydrogen-bond donors (Lipinski definition) is 3. The van der Waals surface area contributed by atoms with Crippen LogP contribution < -0.4 is 11.5 Å². The lowest BCUT2D eigenvalue weighted by atomic mass is 9.96. The Bertz CT molecular complexity index is 1130. The molecule has 0 aliphatic carbocycles. The molecule has 2 aliphatic heterocycles. The molecule has 0 aromatic carbocycles. The molecule has 0 saturated carbocycles. The fourth-order valence-electron chi connectivity index (χ4n) is 4.28. The van der Waals surface area contributed by atoms with Crippen LogP contribution >= 0.6 is 8.25 Å². The minimum atomic E-state index is -2.70. The van der Waals surface area contributed by atoms with Crippen LogP contribution in [-0.4, -0.2) is 72.9 Å². The number of nitrogen functional groups attached to an aromatic ring is 1. The number of nitrogens with two attached hydrogens (primary N) is 2. The number of carboxylic acids is 1. The van der Waals surface area contributed by atoms with Gasteiger partial charge in [0.05, 0.1) is 6.33 Å². The van der Waals surface area contributed by atoms with Gasteiger partial charge in [-0.3, -0.25) is 9.36 Å². The Labute approximate surface area is 195 Å². The molecule has 14 nitrogen and oxygen atoms in total. The summed E-state index contributed by atoms with van der Waals surface area (Å²) < 4.78 is 43.5. The molecule has 2 saturated heterocycles. The summed E-state index contributed by atoms with van der Waals surface area (Å²) in [6, 6.07) is -1.36. The number of imidazole rings is 1. The lowest BCUT2D eigenvalue weighted by Crippen LogP contribution is -2.44. The molecule has 2 aliphatic rings. The number of nitrogens with zero attached hydrogens (tertiary/aromatic N) is 4. The van der Waals surface area contributed by atoms with Crippen molar-refractivity contribution >= 4 is 31.2 Å². The van der Waals surface area contributed by atoms with Gasteiger partial charge in [0.2, 0.25) is 0 Å². The normalized spacial score (nSPS) is 32.5. The zero-order chi connectivity index (χ0) is 25.1. The van der Waals surface area contributed by atoms with E-state index in [-0.39, 0.29) is 12.4 Å². The van der Waals surface area contributed by atoms with Crippen LogP contribution in [0.25, 0.3) is 11.2 Å². The second-order valence-electron chi connectivity index (χ2n) is 9.16. The molecule has 2 fully saturated rings. The first kappa shape index (κ1) is 24.8. The molecule has 2 aromatic heterocycles. The van der Waals surface area contributed by atoms with Crippen molar-refractivity contribution in [2.75, 3.05) is 12.3 Å². The van der Waals surface area contributed by atoms with E-state index in [9.17, 15) is 9.36 Å². The number of anilines is 1. The lowest BCUT2D eigenvalue weighted by Gasteiger charge is -2.35. The first-order valence-electron chi connectivity index (χ1n) is 10.5. The maximum absolute atomic E-state index is 12.4. The predicted octanol–water partition coefficient (Wildman–Crippen LogP) is 0.881. The van der Waals surface area contributed by atoms with Gasteiger partial charge >= 0.3 is 14.2 Å². The standard InChI is InChI=1S/C19H27N6O8P/c1-9(10(20)16(26)27)32-34(28)29-6-18(4)12-13(31-17(2,3)30-12)19(5,33-18)25-8-24-11-14(21)22-7-23-15(11)25/h7-10,12-13H,6,20H2,1-5H3,(H2-,21,22,23,26,27)/p+1/t9-,10+,12+,13-,18-,19-/m1/s1. The van der Waals surface area contributed by atoms with E-state index >= 15 is 0 Å². The van der Waals surface area contributed by atoms with E-state index in [1.807, 2.05) is 0 Å². The number of ether oxygens (including phenoxy) is 3. The van der Waals surface area contributed by atoms with Crippen LogP contribution in [-0.2, 0) is 38.3 Å². The van der Waals surface area contributed by atoms with Gasteiger partial charge in [-0.05, 0) is 34.6 Å². The van der Waals surface area contributed by atoms with Gasteiger partial charge in [-0.2, -0.15) is 0 Å². The van der Waals surface area contributed by atoms with Crippen LogP contribution in [0.4, 0.5) is 5.82 Å². The van der Waals surface area contributed by atoms with Crippen LogP contribution in [0.3, 0.4) is 0 Å². The summed E-state index contributed by atoms with van der Waals surface area (Å²) in [5, 5.41) is 8.99. The number of rotatable bonds is 8. The summed E-state index contributed by atoms with van der Waals surface area (Å²) in [7, 11) is -2.70. The van der Waals surface area contributed by atoms with E-state index in [2.05, 4.69) is 15.0 Å². The van der Waals surface area contributed by atoms with Gasteiger partial charge in [-0.1, -0.05) is 0 Å². The molecule has 1 unspecified atom stereocenters. The molecule has 0 spiro atoms. The Morgan fingerprint density at radius 3 is 2.62 bits per heavy atom. The molecule has 186 valence electrons. The zero-order valence-corrected chi connectivity index (χ0v) is 20.3. The second-order valence-corrected chi connectivity index (χ2v) is 10.1. The molecule has 4 heterocycles. The molecule has 2 aromatic rings. The van der Waals surface area contributed by atoms with Crippen molar-refractivity contribution in [3.8, 4) is 0 Å². The highest BCUT2D eigenvalue weighted by atomic mass is 31.1. The highest BCUT2D eigenvalue weighted by Crippen LogP contribution is 2.52. The Kier molecular flexibility index (Phi) is 6.13. The van der Waals surface area contributed by atoms with Crippen molar-refractivity contribution < 1.29 is 37.7 Å². The molecular formula is C19H28N6O8P+. The van der Waals surface area contributed by atoms with Gasteiger partial charge in [0.1, 0.15) is 48.4 Å². The van der Waals surface area contributed by atoms with E-state index in [1.54, 1.807) is 32.3 Å². The summed E-state index contributed by atoms with van der Waals surface area (Å²) in [5.41, 5.74) is 9.99. The average Bonchev–Trinajstić information content (AvgIpc) is 3.38. The van der Waals surface area contributed by atoms with Gasteiger partial charge < -0.3 is 30.8 Å². The first-order valence-corrected chi connectivity index (χ1v) is 11.6. The van der Waals surface area contributed by atoms with Gasteiger partial charge in [-0.15, -0.1) is 9.05 Å². The number of aromatic nitrogens is 4. The average molecular weight is 499 g/mol. The number of hydrogen-bond acceptors (Lipinski definition) is 12. The largest absolute Gasteiger partial charge is 0.697 e. The fourth-order valence-corrected chi connectivity index (χ4v) is 5.10. The number of carboxylic acid groups (broad SMARTS) is 1. The van der Waals surface area contributed by atoms with Crippen molar-refractivity contribution in [3.63, 3.8) is 0 Å². The van der Waals surface area contributed by atoms with E-state index in [0.717, 1.165) is 0 Å². The maximum atomic E-state index is 12.4. The minimum absolute atomic E-state index is 0.211. The van der Waals surface area contributed by atoms with Crippen LogP contribution in [0.5, 0.6) is 0 Å². The molecule has 7 atom stereocenters. The minimum Gasteiger partial charge on any atom is -0.480 e. The third-order valence-electron chi connectivity index (χ3n) is 6.01. The Morgan fingerprint density at radius 2 is 1.94 bits per heavy atom. The number of carbonyl (C=O) groups is 1. The van der Waals surface area contributed by atoms with Gasteiger partial charge in [-0.25, -0.2) is 15.0 Å². The molecule has 0 amide bonds. The smallest absolute Gasteiger partial charge is 0.480 e. The molecule has 0 radical (unpaired) electrons. The third-order valence-corrected chi connectivity index (χ3v) is 6.85. The van der Waals surface area contributed by atoms with Gasteiger partial charge in [0.25, 0.3) is 0 Å². The lowest BCUT2D eigenvalue weighted by molar-refractivity contribution is -0.250. The Hall–Kier alpha value is -2.32. The van der Waals surface area contributed by atoms with Crippen LogP contribution in [0.15, 0.2) is 12.7 Å². The summed E-state index contributed by atoms with van der Waals surface area (Å²) >= 11 is 0. The van der Waals surface area contributed by atoms with Crippen molar-refractivity contribution in [1.29, 1.82) is 0 Å². The first-order chi connectivity index (χ1) is 15.8. The Balaban J connectivity index is 1.59. The molecule has 15 heteroatoms. The van der Waals surface area contributed by atoms with E-state index < -0.39 is 55.7 Å². The quantitative estimate of drug-likeness (QED) is 0.433. The molecule has 5 N–H and O–H groups in total. The van der Waals surface area contributed by atoms with Crippen molar-refractivity contribution in [2.24, 2.45) is 5.73 Å². The second kappa shape index (κ2) is 8.41. The van der Waals surface area contributed by atoms with Crippen molar-refractivity contribution in [3.05, 3.63) is 12.7 Å². The maximum Gasteiger partial charge on any atom is 0.697 e. The number of fused-ring (bicyclic) bond motifs is 2. The predicted molar refractivity (Wildman–Crippen MR) is 116 cm³/mol. The zero-order valence-electron chi connectivity index (χ0n) is 19.4. The summed E-state index contributed by atoms with van der Waals surface area (Å²) in [6.07, 6.45) is 0.569. The molecule has 4 rings (SSSR count). The summed E-state index contributed by atoms with van der Waals surface area (Å²) in [6.45, 7) is 8.26. The fraction of sp³-hybridized carbons (Fsp3) is 0.684. The van der Waals surface area contributed by atoms with Crippen LogP contribution in [0.1, 0.15) is 34.6 Å². The van der Waals surface area contributed by atoms with E-state index in [0.29, 0.717) is 11.2 Å². The van der Waals surface area contributed by atoms with Gasteiger partial charge in [0.15, 0.2) is 23.0 Å². The van der Waals surface area contributed by atoms with Crippen molar-refractivity contribution in [2.45, 2.75) is 76.1 Å². The monoisotopic (exact) mass is 499 g/mol. The number of aliphatic carboxylic acids is 1. The van der Waals surface area contributed by atoms with E-state index in [4.69, 9.17) is 39.8 Å². The van der Waals surface area contributed by atoms with E-state index in [1.165, 1.54) is 19.6 Å². The van der Waals surface area contributed by atoms with Crippen LogP contribution in [0, 0.1) is 0 Å². The third kappa shape index (κ3) is 4.15. The Morgan fingerprint density at radius 1 is 1.26 bits per heavy atom. The summed E-state index contributed by atoms with van der Waals surface area (Å²) in [5.74, 6) is -2.00. The van der Waals surface area contributed by atoms with Crippen molar-refractivity contribution in [1.82, 2.24) is 19.5 Å². The highest BCUT2D eigenvalue weighted by molar-refractivity contribution is 7.33. The topological polar surface area (TPSA) is 196 Å². The highest BCUT2D eigenvalue weighted by Gasteiger charge is 2.67. The molecular weight excluding hydrogens is 471 g/mol. The SMILES string of the molecule is C[C@@H](O[P+](=O)OC[C@@]1(C)O[C@@](C)(n2cnc3c(N)ncnc32)[C@@H]2OC(C)(C)O[C@@H]21)[C@H](N)C(=O)O. The molecule has 34 heavy (non-hydrogen) atoms. The molecule has 0 bridgehead atoms. The summed E-state index contributed by atoms with van der Waals surface area (Å²) in [4.78, 5) is 23.6.